The predicted octanol–water partition coefficient (Wildman–Crippen LogP) is 2.65. The highest BCUT2D eigenvalue weighted by Crippen LogP contribution is 2.08. The smallest absolute Gasteiger partial charge is 0.243 e. The van der Waals surface area contributed by atoms with Gasteiger partial charge >= 0.3 is 0 Å². The molecule has 1 amide bonds. The van der Waals surface area contributed by atoms with Crippen LogP contribution in [0.25, 0.3) is 0 Å². The highest BCUT2D eigenvalue weighted by molar-refractivity contribution is 14.0. The van der Waals surface area contributed by atoms with Crippen molar-refractivity contribution in [2.45, 2.75) is 46.2 Å². The maximum absolute atomic E-state index is 11.8. The molecule has 0 bridgehead atoms. The van der Waals surface area contributed by atoms with Crippen LogP contribution in [0.2, 0.25) is 0 Å². The Labute approximate surface area is 185 Å². The van der Waals surface area contributed by atoms with Gasteiger partial charge in [-0.2, -0.15) is 0 Å². The first-order valence-electron chi connectivity index (χ1n) is 9.31. The zero-order chi connectivity index (χ0) is 19.5. The van der Waals surface area contributed by atoms with Gasteiger partial charge in [0.05, 0.1) is 0 Å². The number of guanidine groups is 1. The van der Waals surface area contributed by atoms with Crippen molar-refractivity contribution in [3.05, 3.63) is 22.4 Å². The average molecular weight is 510 g/mol. The number of halogens is 1. The van der Waals surface area contributed by atoms with Crippen molar-refractivity contribution in [3.63, 3.8) is 0 Å². The summed E-state index contributed by atoms with van der Waals surface area (Å²) < 4.78 is 0. The third-order valence-electron chi connectivity index (χ3n) is 4.10. The van der Waals surface area contributed by atoms with Crippen molar-refractivity contribution in [1.82, 2.24) is 20.4 Å². The van der Waals surface area contributed by atoms with E-state index in [4.69, 9.17) is 0 Å². The number of hydrogen-bond acceptors (Lipinski definition) is 4. The molecule has 156 valence electrons. The van der Waals surface area contributed by atoms with Crippen molar-refractivity contribution in [2.75, 3.05) is 40.3 Å². The van der Waals surface area contributed by atoms with E-state index in [9.17, 15) is 4.79 Å². The molecule has 0 aliphatic rings. The number of aliphatic imine (C=N–C) groups is 1. The van der Waals surface area contributed by atoms with Crippen molar-refractivity contribution in [2.24, 2.45) is 4.99 Å². The molecule has 2 N–H and O–H groups in total. The van der Waals surface area contributed by atoms with Gasteiger partial charge in [-0.1, -0.05) is 6.07 Å². The van der Waals surface area contributed by atoms with E-state index in [1.165, 1.54) is 4.88 Å². The second kappa shape index (κ2) is 14.2. The summed E-state index contributed by atoms with van der Waals surface area (Å²) >= 11 is 1.76. The summed E-state index contributed by atoms with van der Waals surface area (Å²) in [6, 6.07) is 5.20. The predicted molar refractivity (Wildman–Crippen MR) is 127 cm³/mol. The number of rotatable bonds is 10. The first kappa shape index (κ1) is 26.1. The van der Waals surface area contributed by atoms with Crippen molar-refractivity contribution in [3.8, 4) is 0 Å². The summed E-state index contributed by atoms with van der Waals surface area (Å²) in [5.41, 5.74) is 0. The van der Waals surface area contributed by atoms with Crippen LogP contribution in [0.5, 0.6) is 0 Å². The van der Waals surface area contributed by atoms with Crippen LogP contribution in [-0.4, -0.2) is 74.0 Å². The fraction of sp³-hybridized carbons (Fsp3) is 0.684. The molecule has 1 rings (SSSR count). The normalized spacial score (nSPS) is 11.7. The minimum Gasteiger partial charge on any atom is -0.356 e. The molecular weight excluding hydrogens is 473 g/mol. The van der Waals surface area contributed by atoms with E-state index in [0.717, 1.165) is 26.1 Å². The third-order valence-corrected chi connectivity index (χ3v) is 5.04. The summed E-state index contributed by atoms with van der Waals surface area (Å²) in [7, 11) is 3.50. The molecule has 6 nitrogen and oxygen atoms in total. The Morgan fingerprint density at radius 1 is 1.15 bits per heavy atom. The molecule has 0 aliphatic carbocycles. The van der Waals surface area contributed by atoms with Gasteiger partial charge in [0.25, 0.3) is 0 Å². The molecule has 0 radical (unpaired) electrons. The van der Waals surface area contributed by atoms with E-state index in [-0.39, 0.29) is 36.4 Å². The second-order valence-electron chi connectivity index (χ2n) is 7.06. The average Bonchev–Trinajstić information content (AvgIpc) is 3.07. The summed E-state index contributed by atoms with van der Waals surface area (Å²) in [6.07, 6.45) is 0.949. The van der Waals surface area contributed by atoms with E-state index in [1.807, 2.05) is 0 Å². The molecule has 27 heavy (non-hydrogen) atoms. The minimum atomic E-state index is -0.00431. The summed E-state index contributed by atoms with van der Waals surface area (Å²) in [5.74, 6) is 0.694. The molecule has 0 fully saturated rings. The molecule has 0 saturated heterocycles. The van der Waals surface area contributed by atoms with Gasteiger partial charge in [-0.15, -0.1) is 35.3 Å². The highest BCUT2D eigenvalue weighted by Gasteiger charge is 2.13. The standard InChI is InChI=1S/C19H35N5OS.HI/c1-15(2)24(16(3)4)12-11-21-19(22-14-18(25)23(5)6)20-10-9-17-8-7-13-26-17;/h7-8,13,15-16H,9-12,14H2,1-6H3,(H2,20,21,22);1H. The Bertz CT molecular complexity index is 538. The Morgan fingerprint density at radius 3 is 2.30 bits per heavy atom. The van der Waals surface area contributed by atoms with Crippen molar-refractivity contribution in [1.29, 1.82) is 0 Å². The Kier molecular flexibility index (Phi) is 13.7. The van der Waals surface area contributed by atoms with E-state index in [2.05, 4.69) is 65.7 Å². The molecule has 1 aromatic heterocycles. The third kappa shape index (κ3) is 10.9. The zero-order valence-corrected chi connectivity index (χ0v) is 20.6. The minimum absolute atomic E-state index is 0. The number of amides is 1. The lowest BCUT2D eigenvalue weighted by molar-refractivity contribution is -0.127. The van der Waals surface area contributed by atoms with Crippen molar-refractivity contribution < 1.29 is 4.79 Å². The quantitative estimate of drug-likeness (QED) is 0.289. The van der Waals surface area contributed by atoms with Crippen LogP contribution >= 0.6 is 35.3 Å². The molecule has 0 saturated carbocycles. The van der Waals surface area contributed by atoms with Crippen LogP contribution in [-0.2, 0) is 11.2 Å². The Balaban J connectivity index is 0.00000676. The second-order valence-corrected chi connectivity index (χ2v) is 8.09. The highest BCUT2D eigenvalue weighted by atomic mass is 127. The molecule has 1 heterocycles. The van der Waals surface area contributed by atoms with Gasteiger partial charge < -0.3 is 15.5 Å². The Hall–Kier alpha value is -0.870. The lowest BCUT2D eigenvalue weighted by Crippen LogP contribution is -2.46. The molecule has 0 unspecified atom stereocenters. The molecular formula is C19H36IN5OS. The monoisotopic (exact) mass is 509 g/mol. The summed E-state index contributed by atoms with van der Waals surface area (Å²) in [5, 5.41) is 8.79. The maximum Gasteiger partial charge on any atom is 0.243 e. The molecule has 0 spiro atoms. The van der Waals surface area contributed by atoms with Gasteiger partial charge in [-0.25, -0.2) is 4.99 Å². The number of hydrogen-bond donors (Lipinski definition) is 2. The number of likely N-dealkylation sites (N-methyl/N-ethyl adjacent to an activating group) is 1. The van der Waals surface area contributed by atoms with Gasteiger partial charge in [-0.3, -0.25) is 9.69 Å². The Morgan fingerprint density at radius 2 is 1.78 bits per heavy atom. The van der Waals surface area contributed by atoms with Crippen LogP contribution in [0.4, 0.5) is 0 Å². The van der Waals surface area contributed by atoms with E-state index >= 15 is 0 Å². The van der Waals surface area contributed by atoms with Gasteiger partial charge in [0.15, 0.2) is 5.96 Å². The fourth-order valence-electron chi connectivity index (χ4n) is 2.64. The SMILES string of the molecule is CC(C)N(CCNC(=NCC(=O)N(C)C)NCCc1cccs1)C(C)C.I. The van der Waals surface area contributed by atoms with Gasteiger partial charge in [-0.05, 0) is 45.6 Å². The number of carbonyl (C=O) groups is 1. The molecule has 1 aromatic rings. The number of nitrogens with zero attached hydrogens (tertiary/aromatic N) is 3. The first-order valence-corrected chi connectivity index (χ1v) is 10.2. The molecule has 0 aromatic carbocycles. The topological polar surface area (TPSA) is 60.0 Å². The largest absolute Gasteiger partial charge is 0.356 e. The van der Waals surface area contributed by atoms with Crippen LogP contribution in [0.15, 0.2) is 22.5 Å². The number of nitrogens with one attached hydrogen (secondary N) is 2. The zero-order valence-electron chi connectivity index (χ0n) is 17.5. The summed E-state index contributed by atoms with van der Waals surface area (Å²) in [4.78, 5) is 21.6. The van der Waals surface area contributed by atoms with Crippen LogP contribution < -0.4 is 10.6 Å². The molecule has 0 atom stereocenters. The van der Waals surface area contributed by atoms with Gasteiger partial charge in [0.2, 0.25) is 5.91 Å². The first-order chi connectivity index (χ1) is 12.3. The molecule has 0 aliphatic heterocycles. The van der Waals surface area contributed by atoms with Crippen molar-refractivity contribution >= 4 is 47.2 Å². The number of carbonyl (C=O) groups excluding carboxylic acids is 1. The maximum atomic E-state index is 11.8. The van der Waals surface area contributed by atoms with Gasteiger partial charge in [0.1, 0.15) is 6.54 Å². The van der Waals surface area contributed by atoms with Crippen LogP contribution in [0, 0.1) is 0 Å². The van der Waals surface area contributed by atoms with Crippen LogP contribution in [0.1, 0.15) is 32.6 Å². The fourth-order valence-corrected chi connectivity index (χ4v) is 3.35. The summed E-state index contributed by atoms with van der Waals surface area (Å²) in [6.45, 7) is 11.5. The lowest BCUT2D eigenvalue weighted by Gasteiger charge is -2.30. The lowest BCUT2D eigenvalue weighted by atomic mass is 10.2. The number of thiophene rings is 1. The van der Waals surface area contributed by atoms with E-state index in [1.54, 1.807) is 30.3 Å². The van der Waals surface area contributed by atoms with E-state index in [0.29, 0.717) is 18.0 Å². The van der Waals surface area contributed by atoms with E-state index < -0.39 is 0 Å². The van der Waals surface area contributed by atoms with Gasteiger partial charge in [0, 0.05) is 50.7 Å². The van der Waals surface area contributed by atoms with Crippen LogP contribution in [0.3, 0.4) is 0 Å². The molecule has 8 heteroatoms.